The molecular formula is C12H18N4O4. The predicted molar refractivity (Wildman–Crippen MR) is 68.4 cm³/mol. The third-order valence-corrected chi connectivity index (χ3v) is 3.21. The highest BCUT2D eigenvalue weighted by atomic mass is 16.5. The summed E-state index contributed by atoms with van der Waals surface area (Å²) in [5, 5.41) is 19.4. The molecule has 110 valence electrons. The Labute approximate surface area is 116 Å². The summed E-state index contributed by atoms with van der Waals surface area (Å²) in [4.78, 5) is 23.1. The second kappa shape index (κ2) is 6.00. The monoisotopic (exact) mass is 282 g/mol. The molecule has 1 fully saturated rings. The van der Waals surface area contributed by atoms with Crippen LogP contribution >= 0.6 is 0 Å². The first kappa shape index (κ1) is 14.4. The van der Waals surface area contributed by atoms with Crippen molar-refractivity contribution >= 4 is 11.9 Å². The van der Waals surface area contributed by atoms with Crippen molar-refractivity contribution in [2.45, 2.75) is 38.3 Å². The summed E-state index contributed by atoms with van der Waals surface area (Å²) < 4.78 is 6.32. The van der Waals surface area contributed by atoms with E-state index in [4.69, 9.17) is 9.84 Å². The van der Waals surface area contributed by atoms with Gasteiger partial charge in [-0.25, -0.2) is 9.48 Å². The molecule has 1 atom stereocenters. The van der Waals surface area contributed by atoms with Crippen LogP contribution in [0.3, 0.4) is 0 Å². The number of nitrogens with zero attached hydrogens (tertiary/aromatic N) is 3. The van der Waals surface area contributed by atoms with Crippen LogP contribution in [0, 0.1) is 0 Å². The molecule has 0 radical (unpaired) electrons. The van der Waals surface area contributed by atoms with Gasteiger partial charge in [-0.15, -0.1) is 5.10 Å². The first-order chi connectivity index (χ1) is 9.54. The molecule has 1 aromatic rings. The van der Waals surface area contributed by atoms with Gasteiger partial charge in [-0.2, -0.15) is 0 Å². The van der Waals surface area contributed by atoms with Gasteiger partial charge < -0.3 is 15.2 Å². The Hall–Kier alpha value is -1.96. The van der Waals surface area contributed by atoms with Gasteiger partial charge in [0.2, 0.25) is 5.91 Å². The number of carbonyl (C=O) groups excluding carboxylic acids is 1. The number of amides is 1. The second-order valence-electron chi connectivity index (χ2n) is 4.84. The lowest BCUT2D eigenvalue weighted by Gasteiger charge is -2.14. The maximum absolute atomic E-state index is 12.0. The average Bonchev–Trinajstić information content (AvgIpc) is 3.11. The molecule has 1 aliphatic rings. The molecule has 0 spiro atoms. The quantitative estimate of drug-likeness (QED) is 0.729. The number of hydrogen-bond donors (Lipinski definition) is 2. The van der Waals surface area contributed by atoms with Crippen molar-refractivity contribution in [3.63, 3.8) is 0 Å². The van der Waals surface area contributed by atoms with E-state index in [2.05, 4.69) is 15.6 Å². The molecule has 1 unspecified atom stereocenters. The number of carboxylic acid groups (broad SMARTS) is 1. The van der Waals surface area contributed by atoms with E-state index in [1.165, 1.54) is 11.8 Å². The van der Waals surface area contributed by atoms with E-state index in [1.54, 1.807) is 6.92 Å². The van der Waals surface area contributed by atoms with Crippen molar-refractivity contribution in [3.8, 4) is 0 Å². The van der Waals surface area contributed by atoms with Crippen LogP contribution in [-0.2, 0) is 16.0 Å². The molecular weight excluding hydrogens is 264 g/mol. The Morgan fingerprint density at radius 2 is 2.25 bits per heavy atom. The molecule has 0 bridgehead atoms. The normalized spacial score (nSPS) is 15.9. The van der Waals surface area contributed by atoms with E-state index in [0.29, 0.717) is 18.7 Å². The largest absolute Gasteiger partial charge is 0.476 e. The molecule has 2 N–H and O–H groups in total. The van der Waals surface area contributed by atoms with Crippen molar-refractivity contribution in [3.05, 3.63) is 11.4 Å². The molecule has 8 nitrogen and oxygen atoms in total. The summed E-state index contributed by atoms with van der Waals surface area (Å²) in [5.74, 6) is -1.33. The lowest BCUT2D eigenvalue weighted by atomic mass is 10.2. The van der Waals surface area contributed by atoms with Gasteiger partial charge in [-0.05, 0) is 19.8 Å². The molecule has 0 aliphatic heterocycles. The summed E-state index contributed by atoms with van der Waals surface area (Å²) >= 11 is 0. The summed E-state index contributed by atoms with van der Waals surface area (Å²) in [6.45, 7) is 2.01. The van der Waals surface area contributed by atoms with E-state index in [9.17, 15) is 9.59 Å². The van der Waals surface area contributed by atoms with Crippen LogP contribution in [0.4, 0.5) is 0 Å². The molecule has 2 rings (SSSR count). The van der Waals surface area contributed by atoms with Crippen LogP contribution in [0.5, 0.6) is 0 Å². The zero-order chi connectivity index (χ0) is 14.7. The fourth-order valence-corrected chi connectivity index (χ4v) is 1.88. The minimum atomic E-state index is -1.16. The van der Waals surface area contributed by atoms with Crippen LogP contribution in [0.1, 0.15) is 42.0 Å². The van der Waals surface area contributed by atoms with Crippen molar-refractivity contribution in [1.29, 1.82) is 0 Å². The number of methoxy groups -OCH3 is 1. The number of aromatic nitrogens is 3. The van der Waals surface area contributed by atoms with Gasteiger partial charge in [0.1, 0.15) is 6.04 Å². The molecule has 1 aliphatic carbocycles. The van der Waals surface area contributed by atoms with Crippen LogP contribution in [0.2, 0.25) is 0 Å². The van der Waals surface area contributed by atoms with Crippen LogP contribution in [-0.4, -0.2) is 51.7 Å². The number of nitrogens with one attached hydrogen (secondary N) is 1. The zero-order valence-corrected chi connectivity index (χ0v) is 11.5. The fraction of sp³-hybridized carbons (Fsp3) is 0.667. The van der Waals surface area contributed by atoms with Gasteiger partial charge in [-0.3, -0.25) is 4.79 Å². The van der Waals surface area contributed by atoms with E-state index in [0.717, 1.165) is 12.8 Å². The van der Waals surface area contributed by atoms with Crippen molar-refractivity contribution in [2.24, 2.45) is 0 Å². The molecule has 1 heterocycles. The van der Waals surface area contributed by atoms with Crippen molar-refractivity contribution in [2.75, 3.05) is 13.7 Å². The SMILES string of the molecule is COCCc1c(C(=O)O)nnn1C(C)C(=O)NC1CC1. The van der Waals surface area contributed by atoms with Gasteiger partial charge in [0.05, 0.1) is 12.3 Å². The molecule has 20 heavy (non-hydrogen) atoms. The average molecular weight is 282 g/mol. The summed E-state index contributed by atoms with van der Waals surface area (Å²) in [5.41, 5.74) is 0.269. The number of hydrogen-bond acceptors (Lipinski definition) is 5. The van der Waals surface area contributed by atoms with Gasteiger partial charge in [0.25, 0.3) is 0 Å². The summed E-state index contributed by atoms with van der Waals surface area (Å²) in [6.07, 6.45) is 2.33. The maximum Gasteiger partial charge on any atom is 0.358 e. The van der Waals surface area contributed by atoms with E-state index < -0.39 is 12.0 Å². The topological polar surface area (TPSA) is 106 Å². The van der Waals surface area contributed by atoms with Gasteiger partial charge in [0.15, 0.2) is 5.69 Å². The number of rotatable bonds is 7. The lowest BCUT2D eigenvalue weighted by molar-refractivity contribution is -0.124. The molecule has 1 aromatic heterocycles. The Balaban J connectivity index is 2.19. The van der Waals surface area contributed by atoms with Gasteiger partial charge in [0, 0.05) is 19.6 Å². The van der Waals surface area contributed by atoms with Gasteiger partial charge >= 0.3 is 5.97 Å². The van der Waals surface area contributed by atoms with E-state index >= 15 is 0 Å². The Kier molecular flexibility index (Phi) is 4.33. The fourth-order valence-electron chi connectivity index (χ4n) is 1.88. The highest BCUT2D eigenvalue weighted by Crippen LogP contribution is 2.20. The van der Waals surface area contributed by atoms with E-state index in [-0.39, 0.29) is 17.6 Å². The highest BCUT2D eigenvalue weighted by molar-refractivity contribution is 5.87. The minimum absolute atomic E-state index is 0.131. The van der Waals surface area contributed by atoms with Crippen molar-refractivity contribution in [1.82, 2.24) is 20.3 Å². The smallest absolute Gasteiger partial charge is 0.358 e. The Morgan fingerprint density at radius 1 is 1.55 bits per heavy atom. The molecule has 1 saturated carbocycles. The highest BCUT2D eigenvalue weighted by Gasteiger charge is 2.29. The zero-order valence-electron chi connectivity index (χ0n) is 11.5. The number of ether oxygens (including phenoxy) is 1. The third kappa shape index (κ3) is 3.13. The summed E-state index contributed by atoms with van der Waals surface area (Å²) in [7, 11) is 1.53. The summed E-state index contributed by atoms with van der Waals surface area (Å²) in [6, 6.07) is -0.349. The molecule has 0 aromatic carbocycles. The standard InChI is InChI=1S/C12H18N4O4/c1-7(11(17)13-8-3-4-8)16-9(5-6-20-2)10(12(18)19)14-15-16/h7-8H,3-6H2,1-2H3,(H,13,17)(H,18,19). The first-order valence-corrected chi connectivity index (χ1v) is 6.51. The molecule has 0 saturated heterocycles. The molecule has 8 heteroatoms. The Morgan fingerprint density at radius 3 is 2.80 bits per heavy atom. The lowest BCUT2D eigenvalue weighted by Crippen LogP contribution is -2.33. The number of carbonyl (C=O) groups is 2. The van der Waals surface area contributed by atoms with Crippen LogP contribution < -0.4 is 5.32 Å². The number of carboxylic acids is 1. The third-order valence-electron chi connectivity index (χ3n) is 3.21. The molecule has 1 amide bonds. The number of aromatic carboxylic acids is 1. The Bertz CT molecular complexity index is 510. The predicted octanol–water partition coefficient (Wildman–Crippen LogP) is 0.00480. The first-order valence-electron chi connectivity index (χ1n) is 6.51. The van der Waals surface area contributed by atoms with Gasteiger partial charge in [-0.1, -0.05) is 5.21 Å². The maximum atomic E-state index is 12.0. The second-order valence-corrected chi connectivity index (χ2v) is 4.84. The van der Waals surface area contributed by atoms with Crippen molar-refractivity contribution < 1.29 is 19.4 Å². The van der Waals surface area contributed by atoms with Crippen LogP contribution in [0.15, 0.2) is 0 Å². The van der Waals surface area contributed by atoms with Crippen LogP contribution in [0.25, 0.3) is 0 Å². The minimum Gasteiger partial charge on any atom is -0.476 e. The van der Waals surface area contributed by atoms with E-state index in [1.807, 2.05) is 0 Å².